The van der Waals surface area contributed by atoms with Gasteiger partial charge in [0.1, 0.15) is 0 Å². The number of rotatable bonds is 5. The van der Waals surface area contributed by atoms with Crippen LogP contribution in [0.4, 0.5) is 8.78 Å². The van der Waals surface area contributed by atoms with Crippen LogP contribution in [0.2, 0.25) is 0 Å². The van der Waals surface area contributed by atoms with Crippen molar-refractivity contribution in [1.82, 2.24) is 4.90 Å². The molecule has 0 heterocycles. The van der Waals surface area contributed by atoms with Crippen LogP contribution in [0.15, 0.2) is 93.6 Å². The zero-order valence-corrected chi connectivity index (χ0v) is 16.2. The summed E-state index contributed by atoms with van der Waals surface area (Å²) >= 11 is 0. The first kappa shape index (κ1) is 20.5. The molecule has 29 heavy (non-hydrogen) atoms. The number of allylic oxidation sites excluding steroid dienone is 5. The maximum absolute atomic E-state index is 13.4. The van der Waals surface area contributed by atoms with Gasteiger partial charge in [0.2, 0.25) is 0 Å². The molecule has 0 aromatic heterocycles. The first-order valence-electron chi connectivity index (χ1n) is 8.59. The summed E-state index contributed by atoms with van der Waals surface area (Å²) in [5.74, 6) is -2.89. The number of halogens is 2. The van der Waals surface area contributed by atoms with E-state index in [2.05, 4.69) is 4.40 Å². The van der Waals surface area contributed by atoms with Crippen molar-refractivity contribution in [2.45, 2.75) is 11.4 Å². The summed E-state index contributed by atoms with van der Waals surface area (Å²) in [7, 11) is -2.75. The Bertz CT molecular complexity index is 1140. The molecule has 0 spiro atoms. The molecule has 150 valence electrons. The summed E-state index contributed by atoms with van der Waals surface area (Å²) in [4.78, 5) is 0.935. The third kappa shape index (κ3) is 4.78. The number of nitrogens with zero attached hydrogens (tertiary/aromatic N) is 2. The molecule has 0 fully saturated rings. The van der Waals surface area contributed by atoms with Crippen LogP contribution < -0.4 is 5.11 Å². The number of hydrogen-bond donors (Lipinski definition) is 0. The maximum atomic E-state index is 13.4. The Balaban J connectivity index is 1.96. The van der Waals surface area contributed by atoms with Crippen molar-refractivity contribution in [3.8, 4) is 0 Å². The van der Waals surface area contributed by atoms with Crippen LogP contribution in [0.1, 0.15) is 5.56 Å². The Morgan fingerprint density at radius 2 is 1.72 bits per heavy atom. The fraction of sp³-hybridized carbons (Fsp3) is 0.0952. The minimum atomic E-state index is -4.35. The monoisotopic (exact) mass is 415 g/mol. The van der Waals surface area contributed by atoms with Crippen LogP contribution in [-0.2, 0) is 16.6 Å². The Hall–Kier alpha value is -3.26. The zero-order chi connectivity index (χ0) is 21.0. The number of hydrogen-bond acceptors (Lipinski definition) is 4. The minimum Gasteiger partial charge on any atom is -0.860 e. The van der Waals surface area contributed by atoms with Gasteiger partial charge in [-0.2, -0.15) is 12.8 Å². The molecule has 0 atom stereocenters. The standard InChI is InChI=1S/C21H18F2N2O3S/c1-25(14-15-7-3-2-4-8-15)21(26)17-9-5-6-10-20(17)24-29(27,28)16-11-12-18(22)19(23)13-16/h2-13,26H,14H2,1H3/p-1. The lowest BCUT2D eigenvalue weighted by Crippen LogP contribution is -2.29. The third-order valence-electron chi connectivity index (χ3n) is 4.15. The van der Waals surface area contributed by atoms with Gasteiger partial charge in [-0.3, -0.25) is 0 Å². The lowest BCUT2D eigenvalue weighted by Gasteiger charge is -2.30. The molecule has 0 saturated carbocycles. The minimum absolute atomic E-state index is 0.0806. The van der Waals surface area contributed by atoms with E-state index >= 15 is 0 Å². The van der Waals surface area contributed by atoms with Gasteiger partial charge in [-0.15, -0.1) is 0 Å². The molecule has 5 nitrogen and oxygen atoms in total. The predicted molar refractivity (Wildman–Crippen MR) is 104 cm³/mol. The molecule has 0 radical (unpaired) electrons. The largest absolute Gasteiger partial charge is 0.860 e. The molecule has 8 heteroatoms. The molecule has 0 saturated heterocycles. The third-order valence-corrected chi connectivity index (χ3v) is 5.44. The van der Waals surface area contributed by atoms with Gasteiger partial charge in [0.15, 0.2) is 11.6 Å². The van der Waals surface area contributed by atoms with Crippen molar-refractivity contribution in [2.24, 2.45) is 4.40 Å². The van der Waals surface area contributed by atoms with Crippen molar-refractivity contribution in [2.75, 3.05) is 7.05 Å². The molecular weight excluding hydrogens is 398 g/mol. The smallest absolute Gasteiger partial charge is 0.282 e. The van der Waals surface area contributed by atoms with Crippen LogP contribution in [0, 0.1) is 11.6 Å². The highest BCUT2D eigenvalue weighted by atomic mass is 32.2. The lowest BCUT2D eigenvalue weighted by molar-refractivity contribution is -0.332. The second-order valence-corrected chi connectivity index (χ2v) is 7.91. The average Bonchev–Trinajstić information content (AvgIpc) is 2.70. The van der Waals surface area contributed by atoms with Crippen LogP contribution in [0.5, 0.6) is 0 Å². The Morgan fingerprint density at radius 3 is 2.41 bits per heavy atom. The van der Waals surface area contributed by atoms with Gasteiger partial charge in [0.05, 0.1) is 10.6 Å². The summed E-state index contributed by atoms with van der Waals surface area (Å²) in [5, 5.41) is 12.9. The molecule has 1 aliphatic carbocycles. The SMILES string of the molecule is CN(Cc1ccccc1)C([O-])=C1C=CC=CC1=NS(=O)(=O)c1ccc(F)c(F)c1. The second-order valence-electron chi connectivity index (χ2n) is 6.31. The van der Waals surface area contributed by atoms with Crippen LogP contribution >= 0.6 is 0 Å². The van der Waals surface area contributed by atoms with Crippen molar-refractivity contribution >= 4 is 15.7 Å². The van der Waals surface area contributed by atoms with Crippen molar-refractivity contribution < 1.29 is 22.3 Å². The molecule has 0 unspecified atom stereocenters. The van der Waals surface area contributed by atoms with E-state index < -0.39 is 32.4 Å². The highest BCUT2D eigenvalue weighted by Gasteiger charge is 2.18. The molecule has 0 aliphatic heterocycles. The normalized spacial score (nSPS) is 16.9. The summed E-state index contributed by atoms with van der Waals surface area (Å²) in [5.41, 5.74) is 0.909. The van der Waals surface area contributed by atoms with Gasteiger partial charge < -0.3 is 10.0 Å². The Labute approximate surface area is 167 Å². The van der Waals surface area contributed by atoms with E-state index in [9.17, 15) is 22.3 Å². The van der Waals surface area contributed by atoms with E-state index in [0.29, 0.717) is 18.7 Å². The first-order valence-corrected chi connectivity index (χ1v) is 10.0. The summed E-state index contributed by atoms with van der Waals surface area (Å²) in [6.07, 6.45) is 5.96. The topological polar surface area (TPSA) is 72.8 Å². The molecule has 3 rings (SSSR count). The van der Waals surface area contributed by atoms with Crippen LogP contribution in [0.3, 0.4) is 0 Å². The fourth-order valence-electron chi connectivity index (χ4n) is 2.69. The van der Waals surface area contributed by atoms with Crippen LogP contribution in [-0.4, -0.2) is 26.1 Å². The molecule has 1 aliphatic rings. The van der Waals surface area contributed by atoms with Crippen molar-refractivity contribution in [3.63, 3.8) is 0 Å². The molecular formula is C21H17F2N2O3S-. The van der Waals surface area contributed by atoms with E-state index in [1.165, 1.54) is 23.1 Å². The predicted octanol–water partition coefficient (Wildman–Crippen LogP) is 2.92. The quantitative estimate of drug-likeness (QED) is 0.704. The molecule has 0 bridgehead atoms. The number of benzene rings is 2. The van der Waals surface area contributed by atoms with E-state index in [-0.39, 0.29) is 11.3 Å². The number of sulfonamides is 1. The Kier molecular flexibility index (Phi) is 5.93. The molecule has 2 aromatic rings. The first-order chi connectivity index (χ1) is 13.8. The molecule has 0 N–H and O–H groups in total. The van der Waals surface area contributed by atoms with Gasteiger partial charge in [0.25, 0.3) is 10.0 Å². The van der Waals surface area contributed by atoms with Crippen molar-refractivity contribution in [3.05, 3.63) is 101 Å². The summed E-state index contributed by atoms with van der Waals surface area (Å²) in [6, 6.07) is 11.5. The van der Waals surface area contributed by atoms with Gasteiger partial charge in [0, 0.05) is 19.2 Å². The van der Waals surface area contributed by atoms with Crippen LogP contribution in [0.25, 0.3) is 0 Å². The fourth-order valence-corrected chi connectivity index (χ4v) is 3.70. The highest BCUT2D eigenvalue weighted by molar-refractivity contribution is 7.90. The maximum Gasteiger partial charge on any atom is 0.282 e. The second kappa shape index (κ2) is 8.40. The van der Waals surface area contributed by atoms with Gasteiger partial charge in [-0.1, -0.05) is 48.6 Å². The molecule has 0 amide bonds. The molecule has 2 aromatic carbocycles. The lowest BCUT2D eigenvalue weighted by atomic mass is 10.1. The van der Waals surface area contributed by atoms with E-state index in [1.54, 1.807) is 13.1 Å². The summed E-state index contributed by atoms with van der Waals surface area (Å²) < 4.78 is 55.2. The van der Waals surface area contributed by atoms with Crippen molar-refractivity contribution in [1.29, 1.82) is 0 Å². The zero-order valence-electron chi connectivity index (χ0n) is 15.4. The Morgan fingerprint density at radius 1 is 1.03 bits per heavy atom. The van der Waals surface area contributed by atoms with Gasteiger partial charge in [-0.05, 0) is 35.7 Å². The van der Waals surface area contributed by atoms with Gasteiger partial charge >= 0.3 is 0 Å². The van der Waals surface area contributed by atoms with E-state index in [4.69, 9.17) is 0 Å². The highest BCUT2D eigenvalue weighted by Crippen LogP contribution is 2.20. The van der Waals surface area contributed by atoms with E-state index in [0.717, 1.165) is 11.6 Å². The van der Waals surface area contributed by atoms with E-state index in [1.807, 2.05) is 30.3 Å². The average molecular weight is 415 g/mol. The summed E-state index contributed by atoms with van der Waals surface area (Å²) in [6.45, 7) is 0.323. The van der Waals surface area contributed by atoms with Gasteiger partial charge in [-0.25, -0.2) is 8.78 Å².